The van der Waals surface area contributed by atoms with Gasteiger partial charge in [0.15, 0.2) is 0 Å². The SMILES string of the molecule is CC=CN1CCN(c2nc(OC3(C4CCCN4C)CCC3)nc3c2CCN(c2cccc(Cl)c2C(F)(F)F)C3)C[C@@H]1CC#N. The van der Waals surface area contributed by atoms with E-state index in [1.807, 2.05) is 19.2 Å². The molecule has 12 heteroatoms. The Morgan fingerprint density at radius 3 is 2.61 bits per heavy atom. The molecule has 3 fully saturated rings. The van der Waals surface area contributed by atoms with Crippen molar-refractivity contribution >= 4 is 23.1 Å². The highest BCUT2D eigenvalue weighted by Crippen LogP contribution is 2.45. The number of aromatic nitrogens is 2. The van der Waals surface area contributed by atoms with Crippen molar-refractivity contribution in [1.82, 2.24) is 19.8 Å². The van der Waals surface area contributed by atoms with E-state index >= 15 is 0 Å². The van der Waals surface area contributed by atoms with Crippen LogP contribution in [0.2, 0.25) is 5.02 Å². The van der Waals surface area contributed by atoms with Crippen LogP contribution in [-0.2, 0) is 19.1 Å². The number of ether oxygens (including phenoxy) is 1. The second-order valence-electron chi connectivity index (χ2n) is 12.4. The average Bonchev–Trinajstić information content (AvgIpc) is 3.40. The van der Waals surface area contributed by atoms with Gasteiger partial charge in [-0.25, -0.2) is 0 Å². The first-order valence-electron chi connectivity index (χ1n) is 15.5. The lowest BCUT2D eigenvalue weighted by Gasteiger charge is -2.48. The zero-order valence-electron chi connectivity index (χ0n) is 25.3. The molecule has 8 nitrogen and oxygen atoms in total. The maximum absolute atomic E-state index is 14.1. The molecule has 4 heterocycles. The second kappa shape index (κ2) is 12.3. The third kappa shape index (κ3) is 5.79. The Kier molecular flexibility index (Phi) is 8.59. The predicted octanol–water partition coefficient (Wildman–Crippen LogP) is 6.05. The molecule has 4 aliphatic rings. The van der Waals surface area contributed by atoms with Gasteiger partial charge in [0.2, 0.25) is 0 Å². The van der Waals surface area contributed by atoms with Crippen molar-refractivity contribution < 1.29 is 17.9 Å². The summed E-state index contributed by atoms with van der Waals surface area (Å²) in [4.78, 5) is 18.4. The minimum atomic E-state index is -4.59. The van der Waals surface area contributed by atoms with E-state index in [2.05, 4.69) is 27.8 Å². The number of anilines is 2. The Hall–Kier alpha value is -3.23. The second-order valence-corrected chi connectivity index (χ2v) is 12.8. The monoisotopic (exact) mass is 629 g/mol. The van der Waals surface area contributed by atoms with E-state index in [0.29, 0.717) is 38.2 Å². The molecule has 3 aliphatic heterocycles. The van der Waals surface area contributed by atoms with Crippen LogP contribution in [0.1, 0.15) is 62.3 Å². The molecule has 6 rings (SSSR count). The van der Waals surface area contributed by atoms with E-state index < -0.39 is 11.7 Å². The standard InChI is InChI=1S/C32H39ClF3N7O/c1-3-15-41-18-19-43(20-22(41)10-14-37)29-23-11-17-42(26-8-4-7-24(33)28(26)32(34,35)36)21-25(23)38-30(39-29)44-31(12-6-13-31)27-9-5-16-40(27)2/h3-4,7-8,15,22,27H,5-6,9-13,16-21H2,1-2H3/t22-,27?/m0/s1. The highest BCUT2D eigenvalue weighted by molar-refractivity contribution is 6.31. The molecule has 0 radical (unpaired) electrons. The van der Waals surface area contributed by atoms with Crippen molar-refractivity contribution in [3.05, 3.63) is 52.3 Å². The van der Waals surface area contributed by atoms with Gasteiger partial charge in [0, 0.05) is 37.8 Å². The van der Waals surface area contributed by atoms with E-state index in [0.717, 1.165) is 56.6 Å². The highest BCUT2D eigenvalue weighted by atomic mass is 35.5. The fourth-order valence-corrected chi connectivity index (χ4v) is 7.76. The topological polar surface area (TPSA) is 71.8 Å². The van der Waals surface area contributed by atoms with E-state index in [1.54, 1.807) is 11.0 Å². The Balaban J connectivity index is 1.38. The number of nitrogens with zero attached hydrogens (tertiary/aromatic N) is 7. The number of benzene rings is 1. The summed E-state index contributed by atoms with van der Waals surface area (Å²) in [5, 5.41) is 9.24. The number of likely N-dealkylation sites (N-methyl/N-ethyl adjacent to an activating group) is 1. The van der Waals surface area contributed by atoms with E-state index in [1.165, 1.54) is 12.1 Å². The number of alkyl halides is 3. The third-order valence-corrected chi connectivity index (χ3v) is 10.1. The summed E-state index contributed by atoms with van der Waals surface area (Å²) in [6.45, 7) is 5.57. The minimum absolute atomic E-state index is 0.00839. The van der Waals surface area contributed by atoms with Crippen molar-refractivity contribution in [2.75, 3.05) is 49.6 Å². The summed E-state index contributed by atoms with van der Waals surface area (Å²) >= 11 is 6.09. The molecule has 2 saturated heterocycles. The zero-order chi connectivity index (χ0) is 31.1. The summed E-state index contributed by atoms with van der Waals surface area (Å²) in [7, 11) is 2.14. The molecule has 1 saturated carbocycles. The molecular formula is C32H39ClF3N7O. The average molecular weight is 630 g/mol. The van der Waals surface area contributed by atoms with Crippen molar-refractivity contribution in [3.8, 4) is 12.1 Å². The number of fused-ring (bicyclic) bond motifs is 1. The highest BCUT2D eigenvalue weighted by Gasteiger charge is 2.50. The number of hydrogen-bond acceptors (Lipinski definition) is 8. The van der Waals surface area contributed by atoms with Gasteiger partial charge in [0.1, 0.15) is 11.4 Å². The van der Waals surface area contributed by atoms with Crippen LogP contribution in [-0.4, -0.2) is 77.2 Å². The normalized spacial score (nSPS) is 23.9. The van der Waals surface area contributed by atoms with Gasteiger partial charge in [-0.05, 0) is 77.4 Å². The molecule has 0 amide bonds. The number of halogens is 4. The summed E-state index contributed by atoms with van der Waals surface area (Å²) in [5.74, 6) is 0.768. The Bertz CT molecular complexity index is 1440. The van der Waals surface area contributed by atoms with Crippen LogP contribution >= 0.6 is 11.6 Å². The number of allylic oxidation sites excluding steroid dienone is 1. The molecule has 2 atom stereocenters. The Labute approximate surface area is 262 Å². The maximum atomic E-state index is 14.1. The van der Waals surface area contributed by atoms with Crippen LogP contribution in [0.4, 0.5) is 24.7 Å². The van der Waals surface area contributed by atoms with Crippen molar-refractivity contribution in [1.29, 1.82) is 5.26 Å². The minimum Gasteiger partial charge on any atom is -0.455 e. The van der Waals surface area contributed by atoms with Gasteiger partial charge in [0.05, 0.1) is 47.0 Å². The van der Waals surface area contributed by atoms with E-state index in [9.17, 15) is 18.4 Å². The number of piperazine rings is 1. The molecule has 0 spiro atoms. The summed E-state index contributed by atoms with van der Waals surface area (Å²) < 4.78 is 49.2. The van der Waals surface area contributed by atoms with Gasteiger partial charge < -0.3 is 19.4 Å². The number of likely N-dealkylation sites (tertiary alicyclic amines) is 1. The third-order valence-electron chi connectivity index (χ3n) is 9.76. The maximum Gasteiger partial charge on any atom is 0.419 e. The smallest absolute Gasteiger partial charge is 0.419 e. The van der Waals surface area contributed by atoms with Gasteiger partial charge in [-0.15, -0.1) is 0 Å². The summed E-state index contributed by atoms with van der Waals surface area (Å²) in [5.41, 5.74) is 0.463. The molecule has 1 unspecified atom stereocenters. The number of hydrogen-bond donors (Lipinski definition) is 0. The molecule has 0 N–H and O–H groups in total. The first-order valence-corrected chi connectivity index (χ1v) is 15.9. The van der Waals surface area contributed by atoms with Crippen LogP contribution < -0.4 is 14.5 Å². The summed E-state index contributed by atoms with van der Waals surface area (Å²) in [6, 6.07) is 7.20. The molecule has 2 aromatic rings. The van der Waals surface area contributed by atoms with Crippen molar-refractivity contribution in [2.24, 2.45) is 0 Å². The van der Waals surface area contributed by atoms with Crippen LogP contribution in [0.5, 0.6) is 6.01 Å². The summed E-state index contributed by atoms with van der Waals surface area (Å²) in [6.07, 6.45) is 5.37. The molecule has 1 aromatic heterocycles. The van der Waals surface area contributed by atoms with Crippen LogP contribution in [0.25, 0.3) is 0 Å². The van der Waals surface area contributed by atoms with Crippen LogP contribution in [0.3, 0.4) is 0 Å². The lowest BCUT2D eigenvalue weighted by molar-refractivity contribution is -0.137. The molecular weight excluding hydrogens is 591 g/mol. The first kappa shape index (κ1) is 30.8. The fourth-order valence-electron chi connectivity index (χ4n) is 7.48. The van der Waals surface area contributed by atoms with Crippen LogP contribution in [0.15, 0.2) is 30.5 Å². The Morgan fingerprint density at radius 2 is 1.95 bits per heavy atom. The van der Waals surface area contributed by atoms with E-state index in [4.69, 9.17) is 26.3 Å². The molecule has 236 valence electrons. The lowest BCUT2D eigenvalue weighted by atomic mass is 9.73. The predicted molar refractivity (Wildman–Crippen MR) is 164 cm³/mol. The fraction of sp³-hybridized carbons (Fsp3) is 0.594. The molecule has 1 aromatic carbocycles. The number of rotatable bonds is 7. The molecule has 1 aliphatic carbocycles. The first-order chi connectivity index (χ1) is 21.1. The van der Waals surface area contributed by atoms with Crippen molar-refractivity contribution in [2.45, 2.75) is 82.3 Å². The Morgan fingerprint density at radius 1 is 1.14 bits per heavy atom. The molecule has 0 bridgehead atoms. The van der Waals surface area contributed by atoms with E-state index in [-0.39, 0.29) is 40.9 Å². The van der Waals surface area contributed by atoms with Crippen LogP contribution in [0, 0.1) is 11.3 Å². The lowest BCUT2D eigenvalue weighted by Crippen LogP contribution is -2.57. The number of nitriles is 1. The van der Waals surface area contributed by atoms with Crippen molar-refractivity contribution in [3.63, 3.8) is 0 Å². The largest absolute Gasteiger partial charge is 0.455 e. The zero-order valence-corrected chi connectivity index (χ0v) is 26.0. The quantitative estimate of drug-likeness (QED) is 0.367. The van der Waals surface area contributed by atoms with Gasteiger partial charge in [-0.3, -0.25) is 4.90 Å². The van der Waals surface area contributed by atoms with Gasteiger partial charge >= 0.3 is 12.2 Å². The molecule has 44 heavy (non-hydrogen) atoms. The van der Waals surface area contributed by atoms with Gasteiger partial charge in [-0.2, -0.15) is 28.4 Å². The van der Waals surface area contributed by atoms with Gasteiger partial charge in [0.25, 0.3) is 0 Å². The van der Waals surface area contributed by atoms with Gasteiger partial charge in [-0.1, -0.05) is 23.7 Å².